The molecule has 130 valence electrons. The molecule has 0 saturated carbocycles. The van der Waals surface area contributed by atoms with Crippen LogP contribution >= 0.6 is 0 Å². The third kappa shape index (κ3) is 2.91. The van der Waals surface area contributed by atoms with Crippen LogP contribution in [0.3, 0.4) is 0 Å². The summed E-state index contributed by atoms with van der Waals surface area (Å²) in [5, 5.41) is 5.21. The number of nitrogens with one attached hydrogen (secondary N) is 1. The molecule has 0 fully saturated rings. The number of para-hydroxylation sites is 1. The highest BCUT2D eigenvalue weighted by molar-refractivity contribution is 5.93. The summed E-state index contributed by atoms with van der Waals surface area (Å²) in [4.78, 5) is 12.6. The maximum Gasteiger partial charge on any atom is 0.279 e. The van der Waals surface area contributed by atoms with E-state index in [4.69, 9.17) is 0 Å². The van der Waals surface area contributed by atoms with Crippen LogP contribution in [-0.4, -0.2) is 12.5 Å². The molecule has 0 bridgehead atoms. The van der Waals surface area contributed by atoms with Gasteiger partial charge in [0.15, 0.2) is 6.54 Å². The van der Waals surface area contributed by atoms with Gasteiger partial charge in [-0.25, -0.2) is 0 Å². The average Bonchev–Trinajstić information content (AvgIpc) is 2.97. The lowest BCUT2D eigenvalue weighted by Crippen LogP contribution is -2.87. The molecule has 1 aliphatic carbocycles. The molecule has 3 heteroatoms. The maximum absolute atomic E-state index is 12.6. The molecule has 1 amide bonds. The normalized spacial score (nSPS) is 12.5. The van der Waals surface area contributed by atoms with Crippen LogP contribution in [0, 0.1) is 13.8 Å². The highest BCUT2D eigenvalue weighted by Gasteiger charge is 2.31. The van der Waals surface area contributed by atoms with Crippen molar-refractivity contribution in [2.75, 3.05) is 11.9 Å². The minimum absolute atomic E-state index is 0.0317. The van der Waals surface area contributed by atoms with Gasteiger partial charge in [-0.2, -0.15) is 0 Å². The highest BCUT2D eigenvalue weighted by Crippen LogP contribution is 2.40. The van der Waals surface area contributed by atoms with E-state index in [-0.39, 0.29) is 11.9 Å². The Balaban J connectivity index is 1.52. The molecule has 0 atom stereocenters. The minimum Gasteiger partial charge on any atom is -0.328 e. The number of rotatable bonds is 4. The summed E-state index contributed by atoms with van der Waals surface area (Å²) in [6, 6.07) is 23.2. The number of quaternary nitrogens is 1. The largest absolute Gasteiger partial charge is 0.328 e. The van der Waals surface area contributed by atoms with Crippen molar-refractivity contribution in [1.82, 2.24) is 0 Å². The van der Waals surface area contributed by atoms with E-state index in [1.165, 1.54) is 22.3 Å². The molecule has 0 heterocycles. The predicted octanol–water partition coefficient (Wildman–Crippen LogP) is 3.58. The molecule has 26 heavy (non-hydrogen) atoms. The van der Waals surface area contributed by atoms with Gasteiger partial charge in [0.25, 0.3) is 5.91 Å². The molecule has 3 N–H and O–H groups in total. The number of hydrogen-bond acceptors (Lipinski definition) is 1. The number of hydrogen-bond donors (Lipinski definition) is 2. The second-order valence-electron chi connectivity index (χ2n) is 6.91. The van der Waals surface area contributed by atoms with Crippen LogP contribution in [0.4, 0.5) is 5.69 Å². The SMILES string of the molecule is Cc1cccc(C)c1NC(=O)C[NH2+]C1c2ccccc2-c2ccccc21. The van der Waals surface area contributed by atoms with Crippen LogP contribution in [0.15, 0.2) is 66.7 Å². The van der Waals surface area contributed by atoms with Crippen molar-refractivity contribution in [3.05, 3.63) is 89.0 Å². The zero-order valence-electron chi connectivity index (χ0n) is 15.1. The smallest absolute Gasteiger partial charge is 0.279 e. The molecule has 0 aliphatic heterocycles. The fourth-order valence-corrected chi connectivity index (χ4v) is 3.88. The first-order chi connectivity index (χ1) is 12.6. The zero-order chi connectivity index (χ0) is 18.1. The lowest BCUT2D eigenvalue weighted by Gasteiger charge is -2.14. The molecule has 0 aromatic heterocycles. The second kappa shape index (κ2) is 6.77. The summed E-state index contributed by atoms with van der Waals surface area (Å²) < 4.78 is 0. The van der Waals surface area contributed by atoms with Gasteiger partial charge in [-0.1, -0.05) is 66.7 Å². The Kier molecular flexibility index (Phi) is 4.31. The Morgan fingerprint density at radius 3 is 1.96 bits per heavy atom. The molecule has 0 saturated heterocycles. The monoisotopic (exact) mass is 343 g/mol. The Hall–Kier alpha value is -2.91. The van der Waals surface area contributed by atoms with Gasteiger partial charge < -0.3 is 10.6 Å². The van der Waals surface area contributed by atoms with Gasteiger partial charge in [-0.05, 0) is 36.1 Å². The number of aryl methyl sites for hydroxylation is 2. The molecular formula is C23H23N2O+. The quantitative estimate of drug-likeness (QED) is 0.747. The summed E-state index contributed by atoms with van der Waals surface area (Å²) in [7, 11) is 0. The molecule has 0 unspecified atom stereocenters. The molecule has 1 aliphatic rings. The number of anilines is 1. The summed E-state index contributed by atoms with van der Waals surface area (Å²) in [6.07, 6.45) is 0. The number of benzene rings is 3. The predicted molar refractivity (Wildman–Crippen MR) is 105 cm³/mol. The van der Waals surface area contributed by atoms with E-state index in [0.717, 1.165) is 16.8 Å². The van der Waals surface area contributed by atoms with Crippen LogP contribution in [0.2, 0.25) is 0 Å². The van der Waals surface area contributed by atoms with Crippen molar-refractivity contribution < 1.29 is 10.1 Å². The van der Waals surface area contributed by atoms with Crippen molar-refractivity contribution in [2.24, 2.45) is 0 Å². The van der Waals surface area contributed by atoms with Crippen LogP contribution in [0.5, 0.6) is 0 Å². The summed E-state index contributed by atoms with van der Waals surface area (Å²) >= 11 is 0. The standard InChI is InChI=1S/C23H22N2O/c1-15-8-7-9-16(2)22(15)25-21(26)14-24-23-19-12-5-3-10-17(19)18-11-4-6-13-20(18)23/h3-13,23-24H,14H2,1-2H3,(H,25,26)/p+1. The third-order valence-corrected chi connectivity index (χ3v) is 5.17. The number of fused-ring (bicyclic) bond motifs is 3. The van der Waals surface area contributed by atoms with Crippen LogP contribution in [0.1, 0.15) is 28.3 Å². The fourth-order valence-electron chi connectivity index (χ4n) is 3.88. The molecule has 0 spiro atoms. The van der Waals surface area contributed by atoms with E-state index in [2.05, 4.69) is 59.2 Å². The van der Waals surface area contributed by atoms with Crippen LogP contribution in [-0.2, 0) is 4.79 Å². The number of carbonyl (C=O) groups is 1. The third-order valence-electron chi connectivity index (χ3n) is 5.17. The van der Waals surface area contributed by atoms with Gasteiger partial charge in [-0.3, -0.25) is 4.79 Å². The first-order valence-electron chi connectivity index (χ1n) is 9.03. The van der Waals surface area contributed by atoms with Crippen LogP contribution in [0.25, 0.3) is 11.1 Å². The van der Waals surface area contributed by atoms with Gasteiger partial charge in [-0.15, -0.1) is 0 Å². The maximum atomic E-state index is 12.6. The van der Waals surface area contributed by atoms with Gasteiger partial charge in [0.2, 0.25) is 0 Å². The topological polar surface area (TPSA) is 45.7 Å². The molecule has 4 rings (SSSR count). The highest BCUT2D eigenvalue weighted by atomic mass is 16.1. The fraction of sp³-hybridized carbons (Fsp3) is 0.174. The molecule has 0 radical (unpaired) electrons. The molecule has 3 nitrogen and oxygen atoms in total. The molecular weight excluding hydrogens is 320 g/mol. The van der Waals surface area contributed by atoms with Crippen molar-refractivity contribution in [1.29, 1.82) is 0 Å². The average molecular weight is 343 g/mol. The Labute approximate surface area is 154 Å². The van der Waals surface area contributed by atoms with Crippen LogP contribution < -0.4 is 10.6 Å². The lowest BCUT2D eigenvalue weighted by atomic mass is 10.1. The number of amides is 1. The molecule has 3 aromatic rings. The first-order valence-corrected chi connectivity index (χ1v) is 9.03. The number of nitrogens with two attached hydrogens (primary N) is 1. The van der Waals surface area contributed by atoms with E-state index in [0.29, 0.717) is 6.54 Å². The Morgan fingerprint density at radius 2 is 1.38 bits per heavy atom. The van der Waals surface area contributed by atoms with Gasteiger partial charge in [0.1, 0.15) is 6.04 Å². The van der Waals surface area contributed by atoms with Crippen molar-refractivity contribution in [2.45, 2.75) is 19.9 Å². The summed E-state index contributed by atoms with van der Waals surface area (Å²) in [5.74, 6) is 0.0317. The second-order valence-corrected chi connectivity index (χ2v) is 6.91. The summed E-state index contributed by atoms with van der Waals surface area (Å²) in [5.41, 5.74) is 8.24. The van der Waals surface area contributed by atoms with Gasteiger partial charge >= 0.3 is 0 Å². The van der Waals surface area contributed by atoms with Crippen molar-refractivity contribution in [3.63, 3.8) is 0 Å². The zero-order valence-corrected chi connectivity index (χ0v) is 15.1. The Bertz CT molecular complexity index is 912. The van der Waals surface area contributed by atoms with E-state index in [9.17, 15) is 4.79 Å². The minimum atomic E-state index is 0.0317. The van der Waals surface area contributed by atoms with E-state index >= 15 is 0 Å². The summed E-state index contributed by atoms with van der Waals surface area (Å²) in [6.45, 7) is 4.44. The molecule has 3 aromatic carbocycles. The van der Waals surface area contributed by atoms with Gasteiger partial charge in [0.05, 0.1) is 0 Å². The van der Waals surface area contributed by atoms with Gasteiger partial charge in [0, 0.05) is 16.8 Å². The van der Waals surface area contributed by atoms with Crippen molar-refractivity contribution >= 4 is 11.6 Å². The van der Waals surface area contributed by atoms with Crippen molar-refractivity contribution in [3.8, 4) is 11.1 Å². The Morgan fingerprint density at radius 1 is 0.846 bits per heavy atom. The van der Waals surface area contributed by atoms with E-state index < -0.39 is 0 Å². The first kappa shape index (κ1) is 16.6. The lowest BCUT2D eigenvalue weighted by molar-refractivity contribution is -0.675. The number of carbonyl (C=O) groups excluding carboxylic acids is 1. The van der Waals surface area contributed by atoms with E-state index in [1.807, 2.05) is 32.0 Å². The van der Waals surface area contributed by atoms with E-state index in [1.54, 1.807) is 0 Å².